The van der Waals surface area contributed by atoms with E-state index in [9.17, 15) is 19.5 Å². The Labute approximate surface area is 196 Å². The molecular weight excluding hydrogens is 511 g/mol. The van der Waals surface area contributed by atoms with E-state index in [1.165, 1.54) is 13.0 Å². The van der Waals surface area contributed by atoms with Crippen LogP contribution in [0.1, 0.15) is 60.8 Å². The van der Waals surface area contributed by atoms with Crippen molar-refractivity contribution < 1.29 is 23.9 Å². The van der Waals surface area contributed by atoms with E-state index in [1.54, 1.807) is 10.2 Å². The second-order valence-electron chi connectivity index (χ2n) is 10.2. The molecule has 1 rings (SSSR count). The Hall–Kier alpha value is -0.643. The summed E-state index contributed by atoms with van der Waals surface area (Å²) in [6.45, 7) is 15.6. The summed E-state index contributed by atoms with van der Waals surface area (Å²) >= 11 is 2.06. The summed E-state index contributed by atoms with van der Waals surface area (Å²) in [6, 6.07) is 0. The van der Waals surface area contributed by atoms with Crippen LogP contribution in [0, 0.1) is 11.8 Å². The number of allylic oxidation sites excluding steroid dienone is 2. The van der Waals surface area contributed by atoms with Gasteiger partial charge in [0.05, 0.1) is 12.0 Å². The summed E-state index contributed by atoms with van der Waals surface area (Å²) < 4.78 is 8.25. The van der Waals surface area contributed by atoms with Gasteiger partial charge in [-0.25, -0.2) is 0 Å². The molecule has 4 atom stereocenters. The first-order valence-corrected chi connectivity index (χ1v) is 14.7. The normalized spacial score (nSPS) is 31.9. The average molecular weight is 549 g/mol. The molecule has 0 amide bonds. The molecule has 0 saturated carbocycles. The Kier molecular flexibility index (Phi) is 9.42. The maximum Gasteiger partial charge on any atom is 0.206 e. The van der Waals surface area contributed by atoms with Crippen LogP contribution in [0.5, 0.6) is 0 Å². The van der Waals surface area contributed by atoms with E-state index in [0.717, 1.165) is 5.57 Å². The smallest absolute Gasteiger partial charge is 0.206 e. The van der Waals surface area contributed by atoms with Gasteiger partial charge in [0, 0.05) is 6.42 Å². The Morgan fingerprint density at radius 1 is 1.30 bits per heavy atom. The molecule has 1 aliphatic carbocycles. The van der Waals surface area contributed by atoms with Gasteiger partial charge in [-0.1, -0.05) is 61.9 Å². The molecule has 170 valence electrons. The number of hydrogen-bond acceptors (Lipinski definition) is 5. The first kappa shape index (κ1) is 27.4. The van der Waals surface area contributed by atoms with Gasteiger partial charge in [-0.15, -0.1) is 0 Å². The summed E-state index contributed by atoms with van der Waals surface area (Å²) in [7, 11) is -2.21. The number of carbonyl (C=O) groups excluding carboxylic acids is 3. The fourth-order valence-electron chi connectivity index (χ4n) is 3.30. The van der Waals surface area contributed by atoms with Gasteiger partial charge in [0.15, 0.2) is 14.1 Å². The molecule has 0 heterocycles. The molecule has 0 spiro atoms. The predicted octanol–water partition coefficient (Wildman–Crippen LogP) is 5.17. The molecule has 0 aromatic carbocycles. The number of ketones is 3. The van der Waals surface area contributed by atoms with Crippen molar-refractivity contribution in [1.82, 2.24) is 0 Å². The van der Waals surface area contributed by atoms with Crippen molar-refractivity contribution in [3.63, 3.8) is 0 Å². The highest BCUT2D eigenvalue weighted by Gasteiger charge is 2.41. The van der Waals surface area contributed by atoms with Crippen molar-refractivity contribution in [2.24, 2.45) is 11.8 Å². The minimum Gasteiger partial charge on any atom is -0.413 e. The second kappa shape index (κ2) is 10.3. The highest BCUT2D eigenvalue weighted by atomic mass is 127. The summed E-state index contributed by atoms with van der Waals surface area (Å²) in [6.07, 6.45) is 2.94. The zero-order valence-electron chi connectivity index (χ0n) is 19.5. The largest absolute Gasteiger partial charge is 0.413 e. The number of aliphatic hydroxyl groups is 1. The van der Waals surface area contributed by atoms with Crippen molar-refractivity contribution in [1.29, 1.82) is 0 Å². The van der Waals surface area contributed by atoms with Gasteiger partial charge in [-0.05, 0) is 60.9 Å². The monoisotopic (exact) mass is 548 g/mol. The van der Waals surface area contributed by atoms with Crippen LogP contribution in [0.4, 0.5) is 0 Å². The Bertz CT molecular complexity index is 730. The summed E-state index contributed by atoms with van der Waals surface area (Å²) in [5.74, 6) is -2.26. The van der Waals surface area contributed by atoms with Gasteiger partial charge in [-0.2, -0.15) is 0 Å². The number of halogens is 1. The van der Waals surface area contributed by atoms with E-state index in [1.807, 2.05) is 13.8 Å². The molecule has 0 unspecified atom stereocenters. The SMILES string of the molecule is C/C(=C\I)[C@H]1C(=O)C(=O)C[C@H](O[Si](C)(C)C(C)(C)C)CC[C@@](C)(O)C(=O)/C=C/[C@@H]1C. The number of carbonyl (C=O) groups is 3. The number of hydrogen-bond donors (Lipinski definition) is 1. The molecule has 0 aromatic rings. The van der Waals surface area contributed by atoms with E-state index in [4.69, 9.17) is 4.43 Å². The number of Topliss-reactive ketones (excluding diaryl/α,β-unsaturated/α-hetero) is 2. The van der Waals surface area contributed by atoms with E-state index >= 15 is 0 Å². The number of rotatable bonds is 3. The molecule has 0 aromatic heterocycles. The van der Waals surface area contributed by atoms with Crippen LogP contribution < -0.4 is 0 Å². The fraction of sp³-hybridized carbons (Fsp3) is 0.696. The molecule has 0 saturated heterocycles. The van der Waals surface area contributed by atoms with Crippen molar-refractivity contribution >= 4 is 48.3 Å². The highest BCUT2D eigenvalue weighted by Crippen LogP contribution is 2.38. The lowest BCUT2D eigenvalue weighted by Gasteiger charge is -2.39. The van der Waals surface area contributed by atoms with E-state index in [-0.39, 0.29) is 23.8 Å². The van der Waals surface area contributed by atoms with Gasteiger partial charge in [0.25, 0.3) is 0 Å². The third-order valence-corrected chi connectivity index (χ3v) is 12.0. The Balaban J connectivity index is 3.38. The van der Waals surface area contributed by atoms with Gasteiger partial charge < -0.3 is 9.53 Å². The molecule has 0 fully saturated rings. The van der Waals surface area contributed by atoms with Crippen molar-refractivity contribution in [3.8, 4) is 0 Å². The quantitative estimate of drug-likeness (QED) is 0.299. The van der Waals surface area contributed by atoms with E-state index < -0.39 is 43.3 Å². The molecule has 0 radical (unpaired) electrons. The second-order valence-corrected chi connectivity index (χ2v) is 15.6. The van der Waals surface area contributed by atoms with E-state index in [2.05, 4.69) is 56.5 Å². The average Bonchev–Trinajstić information content (AvgIpc) is 2.61. The van der Waals surface area contributed by atoms with Gasteiger partial charge in [-0.3, -0.25) is 14.4 Å². The molecule has 0 aliphatic heterocycles. The third kappa shape index (κ3) is 6.93. The molecule has 0 bridgehead atoms. The van der Waals surface area contributed by atoms with Crippen LogP contribution in [-0.4, -0.2) is 42.5 Å². The maximum absolute atomic E-state index is 13.1. The molecule has 7 heteroatoms. The molecule has 1 N–H and O–H groups in total. The van der Waals surface area contributed by atoms with Crippen molar-refractivity contribution in [2.75, 3.05) is 0 Å². The zero-order valence-corrected chi connectivity index (χ0v) is 22.7. The van der Waals surface area contributed by atoms with Crippen molar-refractivity contribution in [3.05, 3.63) is 21.8 Å². The summed E-state index contributed by atoms with van der Waals surface area (Å²) in [4.78, 5) is 38.7. The summed E-state index contributed by atoms with van der Waals surface area (Å²) in [5, 5.41) is 10.7. The van der Waals surface area contributed by atoms with Gasteiger partial charge >= 0.3 is 0 Å². The lowest BCUT2D eigenvalue weighted by atomic mass is 9.80. The summed E-state index contributed by atoms with van der Waals surface area (Å²) in [5.41, 5.74) is -0.759. The standard InChI is InChI=1S/C23H37IO5Si/c1-15-9-10-19(26)23(6,28)12-11-17(29-30(7,8)22(3,4)5)13-18(25)21(27)20(15)16(2)14-24/h9-10,14-15,17,20,28H,11-13H2,1-8H3/b10-9+,16-14+/t15-,17+,20-,23+/m0/s1. The first-order chi connectivity index (χ1) is 13.5. The van der Waals surface area contributed by atoms with Crippen LogP contribution in [0.3, 0.4) is 0 Å². The van der Waals surface area contributed by atoms with Crippen LogP contribution in [0.25, 0.3) is 0 Å². The lowest BCUT2D eigenvalue weighted by Crippen LogP contribution is -2.46. The van der Waals surface area contributed by atoms with Crippen LogP contribution >= 0.6 is 22.6 Å². The zero-order chi connectivity index (χ0) is 23.5. The Morgan fingerprint density at radius 2 is 1.87 bits per heavy atom. The van der Waals surface area contributed by atoms with Crippen LogP contribution in [0.2, 0.25) is 18.1 Å². The van der Waals surface area contributed by atoms with Crippen LogP contribution in [0.15, 0.2) is 21.8 Å². The van der Waals surface area contributed by atoms with Gasteiger partial charge in [0.1, 0.15) is 5.60 Å². The van der Waals surface area contributed by atoms with Gasteiger partial charge in [0.2, 0.25) is 11.6 Å². The third-order valence-electron chi connectivity index (χ3n) is 6.46. The molecule has 1 aliphatic rings. The maximum atomic E-state index is 13.1. The molecule has 30 heavy (non-hydrogen) atoms. The van der Waals surface area contributed by atoms with Crippen LogP contribution in [-0.2, 0) is 18.8 Å². The minimum absolute atomic E-state index is 0.0307. The van der Waals surface area contributed by atoms with Crippen molar-refractivity contribution in [2.45, 2.75) is 90.6 Å². The Morgan fingerprint density at radius 3 is 2.37 bits per heavy atom. The minimum atomic E-state index is -2.21. The van der Waals surface area contributed by atoms with E-state index in [0.29, 0.717) is 6.42 Å². The lowest BCUT2D eigenvalue weighted by molar-refractivity contribution is -0.140. The first-order valence-electron chi connectivity index (χ1n) is 10.5. The topological polar surface area (TPSA) is 80.7 Å². The fourth-order valence-corrected chi connectivity index (χ4v) is 5.08. The molecule has 5 nitrogen and oxygen atoms in total. The molecular formula is C23H37IO5Si. The predicted molar refractivity (Wildman–Crippen MR) is 131 cm³/mol. The highest BCUT2D eigenvalue weighted by molar-refractivity contribution is 14.1.